The molecule has 1 unspecified atom stereocenters. The van der Waals surface area contributed by atoms with Crippen molar-refractivity contribution in [1.29, 1.82) is 0 Å². The standard InChI is InChI=1S/C11H19N5O/c1-4-17-10-15-8(12)14-9(16-10)13-6-7-5-11(7,2)3/h7H,4-6H2,1-3H3,(H3,12,13,14,15,16). The zero-order valence-electron chi connectivity index (χ0n) is 10.5. The second kappa shape index (κ2) is 4.35. The lowest BCUT2D eigenvalue weighted by molar-refractivity contribution is 0.312. The fraction of sp³-hybridized carbons (Fsp3) is 0.727. The van der Waals surface area contributed by atoms with Crippen LogP contribution < -0.4 is 15.8 Å². The smallest absolute Gasteiger partial charge is 0.323 e. The van der Waals surface area contributed by atoms with E-state index in [0.717, 1.165) is 6.54 Å². The first-order chi connectivity index (χ1) is 8.01. The molecule has 0 aromatic carbocycles. The first-order valence-electron chi connectivity index (χ1n) is 5.89. The number of nitrogens with two attached hydrogens (primary N) is 1. The van der Waals surface area contributed by atoms with Crippen LogP contribution in [0.3, 0.4) is 0 Å². The van der Waals surface area contributed by atoms with E-state index in [9.17, 15) is 0 Å². The normalized spacial score (nSPS) is 21.0. The van der Waals surface area contributed by atoms with Gasteiger partial charge in [0, 0.05) is 6.54 Å². The fourth-order valence-electron chi connectivity index (χ4n) is 1.78. The summed E-state index contributed by atoms with van der Waals surface area (Å²) >= 11 is 0. The van der Waals surface area contributed by atoms with Gasteiger partial charge in [0.2, 0.25) is 11.9 Å². The molecular formula is C11H19N5O. The molecule has 6 nitrogen and oxygen atoms in total. The molecule has 0 saturated heterocycles. The average molecular weight is 237 g/mol. The number of anilines is 2. The molecular weight excluding hydrogens is 218 g/mol. The van der Waals surface area contributed by atoms with Gasteiger partial charge in [-0.05, 0) is 24.7 Å². The Bertz CT molecular complexity index is 407. The van der Waals surface area contributed by atoms with Gasteiger partial charge in [-0.2, -0.15) is 15.0 Å². The molecule has 0 aliphatic heterocycles. The topological polar surface area (TPSA) is 86.0 Å². The Balaban J connectivity index is 1.96. The van der Waals surface area contributed by atoms with Gasteiger partial charge in [0.05, 0.1) is 6.61 Å². The van der Waals surface area contributed by atoms with Gasteiger partial charge in [-0.15, -0.1) is 0 Å². The van der Waals surface area contributed by atoms with Crippen LogP contribution in [0, 0.1) is 11.3 Å². The molecule has 0 amide bonds. The lowest BCUT2D eigenvalue weighted by atomic mass is 10.1. The molecule has 0 radical (unpaired) electrons. The summed E-state index contributed by atoms with van der Waals surface area (Å²) in [7, 11) is 0. The largest absolute Gasteiger partial charge is 0.464 e. The maximum atomic E-state index is 5.58. The molecule has 6 heteroatoms. The number of aromatic nitrogens is 3. The lowest BCUT2D eigenvalue weighted by Crippen LogP contribution is -2.12. The highest BCUT2D eigenvalue weighted by Gasteiger charge is 2.45. The summed E-state index contributed by atoms with van der Waals surface area (Å²) in [5.41, 5.74) is 6.02. The second-order valence-corrected chi connectivity index (χ2v) is 5.00. The number of nitrogens with one attached hydrogen (secondary N) is 1. The van der Waals surface area contributed by atoms with E-state index in [4.69, 9.17) is 10.5 Å². The summed E-state index contributed by atoms with van der Waals surface area (Å²) in [5.74, 6) is 1.35. The van der Waals surface area contributed by atoms with Crippen molar-refractivity contribution in [3.8, 4) is 6.01 Å². The van der Waals surface area contributed by atoms with Gasteiger partial charge in [0.1, 0.15) is 0 Å². The van der Waals surface area contributed by atoms with Crippen LogP contribution in [0.4, 0.5) is 11.9 Å². The summed E-state index contributed by atoms with van der Waals surface area (Å²) in [6.07, 6.45) is 1.24. The quantitative estimate of drug-likeness (QED) is 0.803. The zero-order chi connectivity index (χ0) is 12.5. The lowest BCUT2D eigenvalue weighted by Gasteiger charge is -2.08. The van der Waals surface area contributed by atoms with Crippen molar-refractivity contribution < 1.29 is 4.74 Å². The van der Waals surface area contributed by atoms with Crippen molar-refractivity contribution in [2.24, 2.45) is 11.3 Å². The van der Waals surface area contributed by atoms with Crippen LogP contribution in [-0.4, -0.2) is 28.1 Å². The molecule has 1 fully saturated rings. The number of hydrogen-bond acceptors (Lipinski definition) is 6. The van der Waals surface area contributed by atoms with E-state index < -0.39 is 0 Å². The zero-order valence-corrected chi connectivity index (χ0v) is 10.5. The van der Waals surface area contributed by atoms with Crippen LogP contribution in [0.15, 0.2) is 0 Å². The van der Waals surface area contributed by atoms with Gasteiger partial charge in [-0.3, -0.25) is 0 Å². The minimum Gasteiger partial charge on any atom is -0.464 e. The van der Waals surface area contributed by atoms with E-state index in [-0.39, 0.29) is 12.0 Å². The molecule has 94 valence electrons. The van der Waals surface area contributed by atoms with E-state index in [1.54, 1.807) is 0 Å². The van der Waals surface area contributed by atoms with Gasteiger partial charge >= 0.3 is 6.01 Å². The van der Waals surface area contributed by atoms with Crippen LogP contribution in [0.1, 0.15) is 27.2 Å². The average Bonchev–Trinajstić information content (AvgIpc) is 2.83. The molecule has 17 heavy (non-hydrogen) atoms. The number of nitrogens with zero attached hydrogens (tertiary/aromatic N) is 3. The van der Waals surface area contributed by atoms with Gasteiger partial charge in [-0.25, -0.2) is 0 Å². The Labute approximate surface area is 101 Å². The van der Waals surface area contributed by atoms with E-state index in [1.165, 1.54) is 6.42 Å². The molecule has 0 bridgehead atoms. The first-order valence-corrected chi connectivity index (χ1v) is 5.89. The van der Waals surface area contributed by atoms with Crippen LogP contribution in [0.2, 0.25) is 0 Å². The number of hydrogen-bond donors (Lipinski definition) is 2. The van der Waals surface area contributed by atoms with Crippen molar-refractivity contribution in [2.75, 3.05) is 24.2 Å². The Hall–Kier alpha value is -1.59. The van der Waals surface area contributed by atoms with E-state index in [2.05, 4.69) is 34.1 Å². The molecule has 2 rings (SSSR count). The van der Waals surface area contributed by atoms with Crippen molar-refractivity contribution in [1.82, 2.24) is 15.0 Å². The Kier molecular flexibility index (Phi) is 3.04. The molecule has 1 aliphatic carbocycles. The SMILES string of the molecule is CCOc1nc(N)nc(NCC2CC2(C)C)n1. The highest BCUT2D eigenvalue weighted by atomic mass is 16.5. The third-order valence-electron chi connectivity index (χ3n) is 3.13. The molecule has 1 aromatic heterocycles. The summed E-state index contributed by atoms with van der Waals surface area (Å²) < 4.78 is 5.21. The maximum absolute atomic E-state index is 5.58. The van der Waals surface area contributed by atoms with Gasteiger partial charge in [0.25, 0.3) is 0 Å². The summed E-state index contributed by atoms with van der Waals surface area (Å²) in [4.78, 5) is 12.1. The minimum atomic E-state index is 0.181. The third-order valence-corrected chi connectivity index (χ3v) is 3.13. The van der Waals surface area contributed by atoms with Crippen molar-refractivity contribution in [3.63, 3.8) is 0 Å². The summed E-state index contributed by atoms with van der Waals surface area (Å²) in [6, 6.07) is 0.276. The summed E-state index contributed by atoms with van der Waals surface area (Å²) in [5, 5.41) is 3.18. The number of nitrogen functional groups attached to an aromatic ring is 1. The number of ether oxygens (including phenoxy) is 1. The maximum Gasteiger partial charge on any atom is 0.323 e. The van der Waals surface area contributed by atoms with E-state index in [1.807, 2.05) is 6.92 Å². The monoisotopic (exact) mass is 237 g/mol. The Morgan fingerprint density at radius 3 is 2.71 bits per heavy atom. The first kappa shape index (κ1) is 11.9. The van der Waals surface area contributed by atoms with Crippen LogP contribution in [0.5, 0.6) is 6.01 Å². The van der Waals surface area contributed by atoms with Crippen molar-refractivity contribution >= 4 is 11.9 Å². The Morgan fingerprint density at radius 1 is 1.41 bits per heavy atom. The number of rotatable bonds is 5. The predicted octanol–water partition coefficient (Wildman–Crippen LogP) is 1.31. The van der Waals surface area contributed by atoms with Crippen molar-refractivity contribution in [2.45, 2.75) is 27.2 Å². The molecule has 1 aliphatic rings. The molecule has 0 spiro atoms. The minimum absolute atomic E-state index is 0.181. The fourth-order valence-corrected chi connectivity index (χ4v) is 1.78. The molecule has 1 aromatic rings. The van der Waals surface area contributed by atoms with Crippen LogP contribution >= 0.6 is 0 Å². The van der Waals surface area contributed by atoms with Crippen LogP contribution in [-0.2, 0) is 0 Å². The molecule has 3 N–H and O–H groups in total. The van der Waals surface area contributed by atoms with E-state index >= 15 is 0 Å². The predicted molar refractivity (Wildman–Crippen MR) is 65.8 cm³/mol. The van der Waals surface area contributed by atoms with E-state index in [0.29, 0.717) is 23.9 Å². The molecule has 1 atom stereocenters. The van der Waals surface area contributed by atoms with Gasteiger partial charge in [-0.1, -0.05) is 13.8 Å². The van der Waals surface area contributed by atoms with Crippen molar-refractivity contribution in [3.05, 3.63) is 0 Å². The summed E-state index contributed by atoms with van der Waals surface area (Å²) in [6.45, 7) is 7.76. The van der Waals surface area contributed by atoms with Gasteiger partial charge < -0.3 is 15.8 Å². The van der Waals surface area contributed by atoms with Gasteiger partial charge in [0.15, 0.2) is 0 Å². The highest BCUT2D eigenvalue weighted by molar-refractivity contribution is 5.33. The Morgan fingerprint density at radius 2 is 2.12 bits per heavy atom. The second-order valence-electron chi connectivity index (χ2n) is 5.00. The van der Waals surface area contributed by atoms with Crippen LogP contribution in [0.25, 0.3) is 0 Å². The molecule has 1 saturated carbocycles. The highest BCUT2D eigenvalue weighted by Crippen LogP contribution is 2.51. The third kappa shape index (κ3) is 2.95. The molecule has 1 heterocycles.